The van der Waals surface area contributed by atoms with E-state index in [1.807, 2.05) is 61.5 Å². The van der Waals surface area contributed by atoms with Gasteiger partial charge in [-0.25, -0.2) is 0 Å². The fraction of sp³-hybridized carbons (Fsp3) is 0.364. The van der Waals surface area contributed by atoms with Crippen molar-refractivity contribution in [3.8, 4) is 11.1 Å². The van der Waals surface area contributed by atoms with E-state index >= 15 is 0 Å². The first kappa shape index (κ1) is 17.7. The Morgan fingerprint density at radius 3 is 2.48 bits per heavy atom. The highest BCUT2D eigenvalue weighted by atomic mass is 16.5. The van der Waals surface area contributed by atoms with Crippen LogP contribution in [0.2, 0.25) is 0 Å². The third kappa shape index (κ3) is 3.35. The van der Waals surface area contributed by atoms with E-state index in [9.17, 15) is 9.59 Å². The van der Waals surface area contributed by atoms with Crippen LogP contribution in [-0.2, 0) is 14.3 Å². The second kappa shape index (κ2) is 7.16. The first-order valence-electron chi connectivity index (χ1n) is 9.47. The van der Waals surface area contributed by atoms with Crippen molar-refractivity contribution in [3.05, 3.63) is 54.6 Å². The third-order valence-corrected chi connectivity index (χ3v) is 5.46. The van der Waals surface area contributed by atoms with Crippen LogP contribution in [0.5, 0.6) is 0 Å². The lowest BCUT2D eigenvalue weighted by molar-refractivity contribution is -0.153. The largest absolute Gasteiger partial charge is 0.365 e. The van der Waals surface area contributed by atoms with Crippen LogP contribution in [-0.4, -0.2) is 48.6 Å². The number of hydrogen-bond acceptors (Lipinski definition) is 3. The molecule has 5 nitrogen and oxygen atoms in total. The molecular formula is C22H24N2O3. The van der Waals surface area contributed by atoms with Crippen molar-refractivity contribution < 1.29 is 14.3 Å². The molecule has 2 aromatic carbocycles. The summed E-state index contributed by atoms with van der Waals surface area (Å²) in [6, 6.07) is 18.0. The quantitative estimate of drug-likeness (QED) is 0.841. The number of para-hydroxylation sites is 1. The average Bonchev–Trinajstić information content (AvgIpc) is 3.16. The molecule has 0 bridgehead atoms. The molecule has 0 saturated carbocycles. The molecule has 2 saturated heterocycles. The Hall–Kier alpha value is -2.66. The van der Waals surface area contributed by atoms with E-state index in [1.54, 1.807) is 9.80 Å². The van der Waals surface area contributed by atoms with Crippen molar-refractivity contribution in [2.45, 2.75) is 25.4 Å². The monoisotopic (exact) mass is 364 g/mol. The highest BCUT2D eigenvalue weighted by molar-refractivity contribution is 6.01. The van der Waals surface area contributed by atoms with Crippen LogP contribution < -0.4 is 4.90 Å². The van der Waals surface area contributed by atoms with Crippen LogP contribution in [0, 0.1) is 0 Å². The molecule has 2 fully saturated rings. The number of carbonyl (C=O) groups is 2. The van der Waals surface area contributed by atoms with Gasteiger partial charge < -0.3 is 14.5 Å². The van der Waals surface area contributed by atoms with E-state index in [1.165, 1.54) is 0 Å². The molecule has 0 unspecified atom stereocenters. The number of piperazine rings is 1. The Balaban J connectivity index is 1.55. The van der Waals surface area contributed by atoms with Crippen molar-refractivity contribution in [2.24, 2.45) is 0 Å². The summed E-state index contributed by atoms with van der Waals surface area (Å²) in [5.41, 5.74) is 2.22. The van der Waals surface area contributed by atoms with Gasteiger partial charge in [0.05, 0.1) is 5.69 Å². The van der Waals surface area contributed by atoms with E-state index in [4.69, 9.17) is 4.74 Å². The summed E-state index contributed by atoms with van der Waals surface area (Å²) in [5, 5.41) is 0. The highest BCUT2D eigenvalue weighted by Crippen LogP contribution is 2.32. The molecule has 1 atom stereocenters. The number of nitrogens with zero attached hydrogens (tertiary/aromatic N) is 2. The minimum Gasteiger partial charge on any atom is -0.365 e. The zero-order chi connectivity index (χ0) is 18.9. The number of rotatable bonds is 3. The molecule has 5 heteroatoms. The van der Waals surface area contributed by atoms with Gasteiger partial charge >= 0.3 is 0 Å². The van der Waals surface area contributed by atoms with Crippen molar-refractivity contribution in [1.29, 1.82) is 0 Å². The summed E-state index contributed by atoms with van der Waals surface area (Å²) < 4.78 is 5.66. The third-order valence-electron chi connectivity index (χ3n) is 5.46. The first-order chi connectivity index (χ1) is 13.1. The van der Waals surface area contributed by atoms with E-state index in [0.29, 0.717) is 19.7 Å². The lowest BCUT2D eigenvalue weighted by Gasteiger charge is -2.38. The van der Waals surface area contributed by atoms with Crippen LogP contribution in [0.1, 0.15) is 19.8 Å². The van der Waals surface area contributed by atoms with Crippen molar-refractivity contribution >= 4 is 17.5 Å². The summed E-state index contributed by atoms with van der Waals surface area (Å²) in [5.74, 6) is -0.121. The highest BCUT2D eigenvalue weighted by Gasteiger charge is 2.42. The number of benzene rings is 2. The number of ether oxygens (including phenoxy) is 1. The molecular weight excluding hydrogens is 340 g/mol. The minimum atomic E-state index is -0.773. The molecule has 2 heterocycles. The van der Waals surface area contributed by atoms with E-state index in [-0.39, 0.29) is 18.4 Å². The second-order valence-electron chi connectivity index (χ2n) is 7.34. The van der Waals surface area contributed by atoms with Gasteiger partial charge in [-0.3, -0.25) is 9.59 Å². The maximum absolute atomic E-state index is 12.9. The van der Waals surface area contributed by atoms with Crippen LogP contribution >= 0.6 is 0 Å². The summed E-state index contributed by atoms with van der Waals surface area (Å²) >= 11 is 0. The van der Waals surface area contributed by atoms with Gasteiger partial charge in [0.25, 0.3) is 5.91 Å². The average molecular weight is 364 g/mol. The van der Waals surface area contributed by atoms with E-state index in [2.05, 4.69) is 0 Å². The topological polar surface area (TPSA) is 49.9 Å². The number of anilines is 1. The van der Waals surface area contributed by atoms with Crippen LogP contribution in [0.25, 0.3) is 11.1 Å². The molecule has 2 aliphatic heterocycles. The number of amides is 2. The van der Waals surface area contributed by atoms with Gasteiger partial charge in [-0.15, -0.1) is 0 Å². The van der Waals surface area contributed by atoms with Gasteiger partial charge in [-0.2, -0.15) is 0 Å². The molecule has 0 radical (unpaired) electrons. The summed E-state index contributed by atoms with van der Waals surface area (Å²) in [4.78, 5) is 29.2. The number of hydrogen-bond donors (Lipinski definition) is 0. The second-order valence-corrected chi connectivity index (χ2v) is 7.34. The summed E-state index contributed by atoms with van der Waals surface area (Å²) in [6.07, 6.45) is 1.61. The molecule has 2 amide bonds. The van der Waals surface area contributed by atoms with E-state index < -0.39 is 5.60 Å². The Morgan fingerprint density at radius 2 is 1.78 bits per heavy atom. The van der Waals surface area contributed by atoms with Crippen LogP contribution in [0.3, 0.4) is 0 Å². The first-order valence-corrected chi connectivity index (χ1v) is 9.47. The standard InChI is InChI=1S/C22H24N2O3/c1-22(12-7-15-27-22)21(26)23-13-14-24(20(25)16-23)19-11-6-5-10-18(19)17-8-3-2-4-9-17/h2-6,8-11H,7,12-16H2,1H3/t22-/m0/s1. The molecule has 0 aliphatic carbocycles. The Labute approximate surface area is 159 Å². The minimum absolute atomic E-state index is 0.0559. The molecule has 0 N–H and O–H groups in total. The van der Waals surface area contributed by atoms with Crippen molar-refractivity contribution in [3.63, 3.8) is 0 Å². The Kier molecular flexibility index (Phi) is 4.70. The predicted octanol–water partition coefficient (Wildman–Crippen LogP) is 3.10. The Bertz CT molecular complexity index is 844. The number of carbonyl (C=O) groups excluding carboxylic acids is 2. The summed E-state index contributed by atoms with van der Waals surface area (Å²) in [6.45, 7) is 3.56. The van der Waals surface area contributed by atoms with Gasteiger partial charge in [0, 0.05) is 25.3 Å². The predicted molar refractivity (Wildman–Crippen MR) is 104 cm³/mol. The molecule has 140 valence electrons. The van der Waals surface area contributed by atoms with Gasteiger partial charge in [0.2, 0.25) is 5.91 Å². The van der Waals surface area contributed by atoms with Crippen LogP contribution in [0.4, 0.5) is 5.69 Å². The maximum Gasteiger partial charge on any atom is 0.255 e. The Morgan fingerprint density at radius 1 is 1.04 bits per heavy atom. The zero-order valence-corrected chi connectivity index (χ0v) is 15.6. The van der Waals surface area contributed by atoms with Gasteiger partial charge in [0.1, 0.15) is 12.1 Å². The fourth-order valence-electron chi connectivity index (χ4n) is 3.95. The summed E-state index contributed by atoms with van der Waals surface area (Å²) in [7, 11) is 0. The maximum atomic E-state index is 12.9. The SMILES string of the molecule is C[C@@]1(C(=O)N2CCN(c3ccccc3-c3ccccc3)C(=O)C2)CCCO1. The molecule has 0 aromatic heterocycles. The van der Waals surface area contributed by atoms with Gasteiger partial charge in [-0.1, -0.05) is 48.5 Å². The van der Waals surface area contributed by atoms with Crippen molar-refractivity contribution in [2.75, 3.05) is 31.1 Å². The van der Waals surface area contributed by atoms with Crippen molar-refractivity contribution in [1.82, 2.24) is 4.90 Å². The molecule has 0 spiro atoms. The molecule has 27 heavy (non-hydrogen) atoms. The van der Waals surface area contributed by atoms with Gasteiger partial charge in [-0.05, 0) is 31.4 Å². The van der Waals surface area contributed by atoms with Gasteiger partial charge in [0.15, 0.2) is 0 Å². The molecule has 4 rings (SSSR count). The van der Waals surface area contributed by atoms with Crippen LogP contribution in [0.15, 0.2) is 54.6 Å². The smallest absolute Gasteiger partial charge is 0.255 e. The lowest BCUT2D eigenvalue weighted by atomic mass is 10.00. The molecule has 2 aliphatic rings. The molecule has 2 aromatic rings. The normalized spacial score (nSPS) is 22.9. The van der Waals surface area contributed by atoms with E-state index in [0.717, 1.165) is 29.7 Å². The fourth-order valence-corrected chi connectivity index (χ4v) is 3.95. The lowest BCUT2D eigenvalue weighted by Crippen LogP contribution is -2.57. The zero-order valence-electron chi connectivity index (χ0n) is 15.6.